The minimum atomic E-state index is -1.07. The van der Waals surface area contributed by atoms with Crippen LogP contribution in [0.25, 0.3) is 43.6 Å². The first kappa shape index (κ1) is 34.8. The molecule has 0 saturated carbocycles. The smallest absolute Gasteiger partial charge is 0.337 e. The van der Waals surface area contributed by atoms with Gasteiger partial charge >= 0.3 is 5.97 Å². The average Bonchev–Trinajstić information content (AvgIpc) is 3.93. The van der Waals surface area contributed by atoms with Crippen LogP contribution in [-0.2, 0) is 18.5 Å². The van der Waals surface area contributed by atoms with Crippen LogP contribution in [0, 0.1) is 0 Å². The number of hydrogen-bond acceptors (Lipinski definition) is 6. The van der Waals surface area contributed by atoms with Crippen LogP contribution in [0.3, 0.4) is 0 Å². The zero-order valence-corrected chi connectivity index (χ0v) is 31.2. The van der Waals surface area contributed by atoms with E-state index in [9.17, 15) is 14.7 Å². The summed E-state index contributed by atoms with van der Waals surface area (Å²) in [7, 11) is 0. The largest absolute Gasteiger partial charge is 0.478 e. The number of aryl methyl sites for hydroxylation is 1. The van der Waals surface area contributed by atoms with E-state index >= 15 is 0 Å². The maximum Gasteiger partial charge on any atom is 0.337 e. The minimum Gasteiger partial charge on any atom is -0.478 e. The maximum atomic E-state index is 13.6. The van der Waals surface area contributed by atoms with E-state index in [1.54, 1.807) is 29.5 Å². The van der Waals surface area contributed by atoms with Crippen LogP contribution in [0.2, 0.25) is 0 Å². The Kier molecular flexibility index (Phi) is 8.91. The molecule has 0 saturated heterocycles. The van der Waals surface area contributed by atoms with Crippen LogP contribution < -0.4 is 5.43 Å². The molecular formula is C47H35N5O3S. The van der Waals surface area contributed by atoms with Gasteiger partial charge in [-0.1, -0.05) is 153 Å². The standard InChI is InChI=1S/C47H35N5O3S/c1-2-36-29-41-43(53)39-23-14-24-40(46(54)55)42(39)51(45(41)56-36)30-31-25-27-32(28-26-31)37-21-12-13-22-38(37)44-48-49-50-52(44)47(33-15-6-3-7-16-33,34-17-8-4-9-18-34)35-19-10-5-11-20-35/h3-29H,2,30H2,1H3,(H,54,55). The van der Waals surface area contributed by atoms with Gasteiger partial charge in [-0.25, -0.2) is 9.48 Å². The van der Waals surface area contributed by atoms with Gasteiger partial charge in [0.05, 0.1) is 16.5 Å². The molecule has 0 aliphatic rings. The quantitative estimate of drug-likeness (QED) is 0.140. The molecule has 9 rings (SSSR count). The van der Waals surface area contributed by atoms with Crippen LogP contribution in [-0.4, -0.2) is 35.9 Å². The van der Waals surface area contributed by atoms with Crippen LogP contribution in [0.5, 0.6) is 0 Å². The summed E-state index contributed by atoms with van der Waals surface area (Å²) in [6.07, 6.45) is 0.779. The van der Waals surface area contributed by atoms with Crippen molar-refractivity contribution < 1.29 is 9.90 Å². The average molecular weight is 750 g/mol. The third-order valence-corrected chi connectivity index (χ3v) is 11.8. The fourth-order valence-corrected chi connectivity index (χ4v) is 9.04. The topological polar surface area (TPSA) is 103 Å². The van der Waals surface area contributed by atoms with E-state index in [1.807, 2.05) is 82.0 Å². The van der Waals surface area contributed by atoms with Gasteiger partial charge in [0.2, 0.25) is 0 Å². The van der Waals surface area contributed by atoms with Crippen LogP contribution >= 0.6 is 11.3 Å². The van der Waals surface area contributed by atoms with Gasteiger partial charge in [0.25, 0.3) is 0 Å². The number of rotatable bonds is 10. The Morgan fingerprint density at radius 1 is 0.696 bits per heavy atom. The highest BCUT2D eigenvalue weighted by atomic mass is 32.1. The Bertz CT molecular complexity index is 2820. The molecule has 3 heterocycles. The summed E-state index contributed by atoms with van der Waals surface area (Å²) in [6.45, 7) is 2.44. The number of para-hydroxylation sites is 1. The van der Waals surface area contributed by atoms with E-state index in [0.29, 0.717) is 28.7 Å². The number of aromatic carboxylic acids is 1. The lowest BCUT2D eigenvalue weighted by Gasteiger charge is -2.36. The number of tetrazole rings is 1. The summed E-state index contributed by atoms with van der Waals surface area (Å²) in [5, 5.41) is 25.0. The molecule has 9 heteroatoms. The molecule has 0 radical (unpaired) electrons. The SMILES string of the molecule is CCc1cc2c(=O)c3cccc(C(=O)O)c3n(Cc3ccc(-c4ccccc4-c4nnnn4C(c4ccccc4)(c4ccccc4)c4ccccc4)cc3)c2s1. The minimum absolute atomic E-state index is 0.105. The summed E-state index contributed by atoms with van der Waals surface area (Å²) in [5.74, 6) is -0.463. The van der Waals surface area contributed by atoms with E-state index in [2.05, 4.69) is 84.9 Å². The Morgan fingerprint density at radius 2 is 1.29 bits per heavy atom. The molecule has 0 spiro atoms. The van der Waals surface area contributed by atoms with Crippen molar-refractivity contribution in [1.29, 1.82) is 0 Å². The van der Waals surface area contributed by atoms with Crippen molar-refractivity contribution >= 4 is 38.4 Å². The molecule has 0 atom stereocenters. The molecule has 0 amide bonds. The fourth-order valence-electron chi connectivity index (χ4n) is 7.94. The lowest BCUT2D eigenvalue weighted by molar-refractivity contribution is 0.0698. The molecule has 0 fully saturated rings. The van der Waals surface area contributed by atoms with Gasteiger partial charge in [0, 0.05) is 22.4 Å². The van der Waals surface area contributed by atoms with Crippen LogP contribution in [0.4, 0.5) is 0 Å². The fraction of sp³-hybridized carbons (Fsp3) is 0.0851. The molecule has 6 aromatic carbocycles. The van der Waals surface area contributed by atoms with Crippen molar-refractivity contribution in [3.05, 3.63) is 207 Å². The van der Waals surface area contributed by atoms with Gasteiger partial charge in [0.1, 0.15) is 10.4 Å². The van der Waals surface area contributed by atoms with Crippen molar-refractivity contribution in [3.8, 4) is 22.5 Å². The first-order valence-corrected chi connectivity index (χ1v) is 19.3. The van der Waals surface area contributed by atoms with Gasteiger partial charge in [-0.3, -0.25) is 4.79 Å². The monoisotopic (exact) mass is 749 g/mol. The Hall–Kier alpha value is -6.97. The number of fused-ring (bicyclic) bond motifs is 2. The lowest BCUT2D eigenvalue weighted by atomic mass is 9.77. The van der Waals surface area contributed by atoms with Crippen molar-refractivity contribution in [2.75, 3.05) is 0 Å². The van der Waals surface area contributed by atoms with Gasteiger partial charge < -0.3 is 9.67 Å². The molecule has 0 unspecified atom stereocenters. The van der Waals surface area contributed by atoms with Crippen LogP contribution in [0.15, 0.2) is 169 Å². The molecule has 0 bridgehead atoms. The number of carboxylic acid groups (broad SMARTS) is 1. The predicted molar refractivity (Wildman–Crippen MR) is 222 cm³/mol. The number of benzene rings is 6. The second-order valence-corrected chi connectivity index (χ2v) is 14.8. The Balaban J connectivity index is 1.18. The Labute approximate surface area is 326 Å². The van der Waals surface area contributed by atoms with E-state index in [4.69, 9.17) is 10.3 Å². The number of thiophene rings is 1. The highest BCUT2D eigenvalue weighted by molar-refractivity contribution is 7.18. The maximum absolute atomic E-state index is 13.6. The van der Waals surface area contributed by atoms with Crippen molar-refractivity contribution in [1.82, 2.24) is 24.8 Å². The normalized spacial score (nSPS) is 11.7. The molecule has 9 aromatic rings. The second-order valence-electron chi connectivity index (χ2n) is 13.7. The van der Waals surface area contributed by atoms with Gasteiger partial charge in [-0.2, -0.15) is 0 Å². The summed E-state index contributed by atoms with van der Waals surface area (Å²) in [6, 6.07) is 54.3. The number of carbonyl (C=O) groups is 1. The molecule has 3 aromatic heterocycles. The summed E-state index contributed by atoms with van der Waals surface area (Å²) in [4.78, 5) is 27.9. The first-order chi connectivity index (χ1) is 27.5. The van der Waals surface area contributed by atoms with E-state index in [-0.39, 0.29) is 11.0 Å². The number of pyridine rings is 1. The third kappa shape index (κ3) is 5.72. The molecule has 1 N–H and O–H groups in total. The molecular weight excluding hydrogens is 715 g/mol. The lowest BCUT2D eigenvalue weighted by Crippen LogP contribution is -2.39. The number of carboxylic acids is 1. The highest BCUT2D eigenvalue weighted by Crippen LogP contribution is 2.43. The van der Waals surface area contributed by atoms with Crippen LogP contribution in [0.1, 0.15) is 44.4 Å². The van der Waals surface area contributed by atoms with Crippen molar-refractivity contribution in [2.45, 2.75) is 25.4 Å². The summed E-state index contributed by atoms with van der Waals surface area (Å²) in [5.41, 5.74) is 6.28. The predicted octanol–water partition coefficient (Wildman–Crippen LogP) is 9.69. The number of hydrogen-bond donors (Lipinski definition) is 1. The van der Waals surface area contributed by atoms with E-state index in [0.717, 1.165) is 55.1 Å². The Morgan fingerprint density at radius 3 is 1.88 bits per heavy atom. The molecule has 0 aliphatic heterocycles. The highest BCUT2D eigenvalue weighted by Gasteiger charge is 2.42. The zero-order chi connectivity index (χ0) is 38.2. The molecule has 272 valence electrons. The summed E-state index contributed by atoms with van der Waals surface area (Å²) >= 11 is 1.54. The number of aromatic nitrogens is 5. The van der Waals surface area contributed by atoms with Gasteiger partial charge in [-0.05, 0) is 68.4 Å². The number of nitrogens with zero attached hydrogens (tertiary/aromatic N) is 5. The molecule has 8 nitrogen and oxygen atoms in total. The third-order valence-electron chi connectivity index (χ3n) is 10.5. The molecule has 56 heavy (non-hydrogen) atoms. The van der Waals surface area contributed by atoms with E-state index < -0.39 is 11.5 Å². The van der Waals surface area contributed by atoms with Gasteiger partial charge in [0.15, 0.2) is 11.3 Å². The summed E-state index contributed by atoms with van der Waals surface area (Å²) < 4.78 is 3.94. The van der Waals surface area contributed by atoms with Gasteiger partial charge in [-0.15, -0.1) is 16.4 Å². The van der Waals surface area contributed by atoms with E-state index in [1.165, 1.54) is 0 Å². The second kappa shape index (κ2) is 14.4. The first-order valence-electron chi connectivity index (χ1n) is 18.4. The van der Waals surface area contributed by atoms with Crippen molar-refractivity contribution in [2.24, 2.45) is 0 Å². The molecule has 0 aliphatic carbocycles. The zero-order valence-electron chi connectivity index (χ0n) is 30.4. The van der Waals surface area contributed by atoms with Crippen molar-refractivity contribution in [3.63, 3.8) is 0 Å².